The van der Waals surface area contributed by atoms with Gasteiger partial charge in [0.1, 0.15) is 5.75 Å². The van der Waals surface area contributed by atoms with Gasteiger partial charge in [-0.3, -0.25) is 0 Å². The number of ether oxygens (including phenoxy) is 1. The van der Waals surface area contributed by atoms with Crippen molar-refractivity contribution in [3.05, 3.63) is 42.5 Å². The second kappa shape index (κ2) is 5.95. The average Bonchev–Trinajstić information content (AvgIpc) is 2.21. The van der Waals surface area contributed by atoms with E-state index in [1.54, 1.807) is 18.2 Å². The SMILES string of the molecule is C=CCC(C)NC(=O)Oc1ccc(C)cc1. The molecule has 0 aliphatic heterocycles. The number of aryl methyl sites for hydroxylation is 1. The fourth-order valence-electron chi connectivity index (χ4n) is 1.25. The van der Waals surface area contributed by atoms with Crippen LogP contribution in [0.25, 0.3) is 0 Å². The maximum Gasteiger partial charge on any atom is 0.412 e. The molecular formula is C13H17NO2. The summed E-state index contributed by atoms with van der Waals surface area (Å²) in [6.07, 6.45) is 2.05. The third-order valence-electron chi connectivity index (χ3n) is 2.12. The minimum atomic E-state index is -0.432. The summed E-state index contributed by atoms with van der Waals surface area (Å²) in [6.45, 7) is 7.49. The Hall–Kier alpha value is -1.77. The number of hydrogen-bond acceptors (Lipinski definition) is 2. The number of benzene rings is 1. The van der Waals surface area contributed by atoms with Gasteiger partial charge < -0.3 is 10.1 Å². The van der Waals surface area contributed by atoms with Crippen molar-refractivity contribution in [3.63, 3.8) is 0 Å². The second-order valence-corrected chi connectivity index (χ2v) is 3.77. The van der Waals surface area contributed by atoms with Crippen LogP contribution < -0.4 is 10.1 Å². The third kappa shape index (κ3) is 4.17. The van der Waals surface area contributed by atoms with Gasteiger partial charge in [0.05, 0.1) is 0 Å². The van der Waals surface area contributed by atoms with Crippen molar-refractivity contribution in [1.82, 2.24) is 5.32 Å². The predicted octanol–water partition coefficient (Wildman–Crippen LogP) is 3.05. The molecule has 16 heavy (non-hydrogen) atoms. The summed E-state index contributed by atoms with van der Waals surface area (Å²) in [5, 5.41) is 2.71. The number of hydrogen-bond donors (Lipinski definition) is 1. The van der Waals surface area contributed by atoms with Gasteiger partial charge in [0.25, 0.3) is 0 Å². The molecule has 0 aromatic heterocycles. The summed E-state index contributed by atoms with van der Waals surface area (Å²) in [4.78, 5) is 11.4. The van der Waals surface area contributed by atoms with E-state index in [4.69, 9.17) is 4.74 Å². The Kier molecular flexibility index (Phi) is 4.58. The van der Waals surface area contributed by atoms with Crippen molar-refractivity contribution < 1.29 is 9.53 Å². The first-order valence-corrected chi connectivity index (χ1v) is 5.27. The van der Waals surface area contributed by atoms with E-state index in [0.717, 1.165) is 12.0 Å². The second-order valence-electron chi connectivity index (χ2n) is 3.77. The van der Waals surface area contributed by atoms with Crippen molar-refractivity contribution in [2.75, 3.05) is 0 Å². The lowest BCUT2D eigenvalue weighted by Crippen LogP contribution is -2.34. The summed E-state index contributed by atoms with van der Waals surface area (Å²) >= 11 is 0. The Bertz CT molecular complexity index is 357. The van der Waals surface area contributed by atoms with E-state index < -0.39 is 6.09 Å². The summed E-state index contributed by atoms with van der Waals surface area (Å²) in [7, 11) is 0. The van der Waals surface area contributed by atoms with Gasteiger partial charge >= 0.3 is 6.09 Å². The molecule has 1 N–H and O–H groups in total. The lowest BCUT2D eigenvalue weighted by Gasteiger charge is -2.11. The van der Waals surface area contributed by atoms with Crippen LogP contribution in [0.2, 0.25) is 0 Å². The number of carbonyl (C=O) groups is 1. The van der Waals surface area contributed by atoms with Crippen molar-refractivity contribution in [2.45, 2.75) is 26.3 Å². The largest absolute Gasteiger partial charge is 0.412 e. The molecule has 1 amide bonds. The molecular weight excluding hydrogens is 202 g/mol. The highest BCUT2D eigenvalue weighted by atomic mass is 16.6. The van der Waals surface area contributed by atoms with Crippen molar-refractivity contribution in [3.8, 4) is 5.75 Å². The quantitative estimate of drug-likeness (QED) is 0.790. The zero-order chi connectivity index (χ0) is 12.0. The van der Waals surface area contributed by atoms with Gasteiger partial charge in [0.2, 0.25) is 0 Å². The van der Waals surface area contributed by atoms with Gasteiger partial charge in [0, 0.05) is 6.04 Å². The Balaban J connectivity index is 2.45. The maximum atomic E-state index is 11.4. The maximum absolute atomic E-state index is 11.4. The number of nitrogens with one attached hydrogen (secondary N) is 1. The number of amides is 1. The van der Waals surface area contributed by atoms with E-state index in [2.05, 4.69) is 11.9 Å². The van der Waals surface area contributed by atoms with Crippen LogP contribution in [0.15, 0.2) is 36.9 Å². The predicted molar refractivity (Wildman–Crippen MR) is 64.6 cm³/mol. The average molecular weight is 219 g/mol. The third-order valence-corrected chi connectivity index (χ3v) is 2.12. The van der Waals surface area contributed by atoms with Crippen molar-refractivity contribution in [2.24, 2.45) is 0 Å². The zero-order valence-electron chi connectivity index (χ0n) is 9.69. The molecule has 1 aromatic carbocycles. The minimum Gasteiger partial charge on any atom is -0.410 e. The molecule has 0 aliphatic rings. The molecule has 0 heterocycles. The van der Waals surface area contributed by atoms with Crippen LogP contribution in [0.1, 0.15) is 18.9 Å². The van der Waals surface area contributed by atoms with Gasteiger partial charge in [0.15, 0.2) is 0 Å². The molecule has 3 nitrogen and oxygen atoms in total. The highest BCUT2D eigenvalue weighted by Gasteiger charge is 2.07. The molecule has 0 saturated carbocycles. The smallest absolute Gasteiger partial charge is 0.410 e. The molecule has 0 aliphatic carbocycles. The first-order valence-electron chi connectivity index (χ1n) is 5.27. The van der Waals surface area contributed by atoms with Gasteiger partial charge in [-0.05, 0) is 32.4 Å². The highest BCUT2D eigenvalue weighted by molar-refractivity contribution is 5.70. The Morgan fingerprint density at radius 1 is 1.50 bits per heavy atom. The summed E-state index contributed by atoms with van der Waals surface area (Å²) in [5.74, 6) is 0.550. The lowest BCUT2D eigenvalue weighted by molar-refractivity contribution is 0.197. The Labute approximate surface area is 96.1 Å². The fraction of sp³-hybridized carbons (Fsp3) is 0.308. The van der Waals surface area contributed by atoms with Crippen LogP contribution in [0.3, 0.4) is 0 Å². The van der Waals surface area contributed by atoms with Gasteiger partial charge in [-0.1, -0.05) is 23.8 Å². The standard InChI is InChI=1S/C13H17NO2/c1-4-5-11(3)14-13(15)16-12-8-6-10(2)7-9-12/h4,6-9,11H,1,5H2,2-3H3,(H,14,15). The summed E-state index contributed by atoms with van der Waals surface area (Å²) < 4.78 is 5.10. The number of carbonyl (C=O) groups excluding carboxylic acids is 1. The zero-order valence-corrected chi connectivity index (χ0v) is 9.69. The molecule has 0 bridgehead atoms. The van der Waals surface area contributed by atoms with Crippen LogP contribution in [-0.2, 0) is 0 Å². The van der Waals surface area contributed by atoms with Gasteiger partial charge in [-0.2, -0.15) is 0 Å². The summed E-state index contributed by atoms with van der Waals surface area (Å²) in [6, 6.07) is 7.38. The molecule has 0 fully saturated rings. The summed E-state index contributed by atoms with van der Waals surface area (Å²) in [5.41, 5.74) is 1.13. The van der Waals surface area contributed by atoms with E-state index in [1.807, 2.05) is 26.0 Å². The van der Waals surface area contributed by atoms with Gasteiger partial charge in [-0.15, -0.1) is 6.58 Å². The molecule has 1 atom stereocenters. The molecule has 1 rings (SSSR count). The fourth-order valence-corrected chi connectivity index (χ4v) is 1.25. The van der Waals surface area contributed by atoms with Crippen LogP contribution in [0.4, 0.5) is 4.79 Å². The van der Waals surface area contributed by atoms with Gasteiger partial charge in [-0.25, -0.2) is 4.79 Å². The topological polar surface area (TPSA) is 38.3 Å². The molecule has 1 unspecified atom stereocenters. The molecule has 0 spiro atoms. The van der Waals surface area contributed by atoms with Crippen LogP contribution >= 0.6 is 0 Å². The van der Waals surface area contributed by atoms with Crippen LogP contribution in [0, 0.1) is 6.92 Å². The van der Waals surface area contributed by atoms with Crippen molar-refractivity contribution in [1.29, 1.82) is 0 Å². The molecule has 1 aromatic rings. The molecule has 0 saturated heterocycles. The Morgan fingerprint density at radius 2 is 2.12 bits per heavy atom. The molecule has 0 radical (unpaired) electrons. The van der Waals surface area contributed by atoms with E-state index >= 15 is 0 Å². The first kappa shape index (κ1) is 12.3. The first-order chi connectivity index (χ1) is 7.61. The van der Waals surface area contributed by atoms with E-state index in [1.165, 1.54) is 0 Å². The monoisotopic (exact) mass is 219 g/mol. The molecule has 86 valence electrons. The number of rotatable bonds is 4. The highest BCUT2D eigenvalue weighted by Crippen LogP contribution is 2.11. The van der Waals surface area contributed by atoms with E-state index in [0.29, 0.717) is 5.75 Å². The van der Waals surface area contributed by atoms with E-state index in [-0.39, 0.29) is 6.04 Å². The normalized spacial score (nSPS) is 11.6. The van der Waals surface area contributed by atoms with Crippen LogP contribution in [0.5, 0.6) is 5.75 Å². The van der Waals surface area contributed by atoms with Crippen molar-refractivity contribution >= 4 is 6.09 Å². The minimum absolute atomic E-state index is 0.0375. The lowest BCUT2D eigenvalue weighted by atomic mass is 10.2. The molecule has 3 heteroatoms. The Morgan fingerprint density at radius 3 is 2.69 bits per heavy atom. The van der Waals surface area contributed by atoms with Crippen LogP contribution in [-0.4, -0.2) is 12.1 Å². The van der Waals surface area contributed by atoms with E-state index in [9.17, 15) is 4.79 Å².